The van der Waals surface area contributed by atoms with Crippen molar-refractivity contribution in [2.45, 2.75) is 44.0 Å². The van der Waals surface area contributed by atoms with Crippen LogP contribution in [-0.4, -0.2) is 28.4 Å². The number of fused-ring (bicyclic) bond motifs is 1. The van der Waals surface area contributed by atoms with Crippen LogP contribution in [0.4, 0.5) is 0 Å². The number of hydrogen-bond donors (Lipinski definition) is 2. The predicted molar refractivity (Wildman–Crippen MR) is 77.3 cm³/mol. The summed E-state index contributed by atoms with van der Waals surface area (Å²) >= 11 is 0. The van der Waals surface area contributed by atoms with Crippen molar-refractivity contribution >= 4 is 10.0 Å². The fourth-order valence-electron chi connectivity index (χ4n) is 3.01. The van der Waals surface area contributed by atoms with E-state index >= 15 is 0 Å². The molecular formula is C13H19N5O2S. The Bertz CT molecular complexity index is 755. The Labute approximate surface area is 123 Å². The summed E-state index contributed by atoms with van der Waals surface area (Å²) in [5.74, 6) is 0. The minimum Gasteiger partial charge on any atom is -0.281 e. The second kappa shape index (κ2) is 4.96. The molecule has 1 atom stereocenters. The van der Waals surface area contributed by atoms with Crippen LogP contribution in [0.25, 0.3) is 0 Å². The number of nitrogens with one attached hydrogen (secondary N) is 2. The van der Waals surface area contributed by atoms with Crippen molar-refractivity contribution in [1.82, 2.24) is 24.7 Å². The lowest BCUT2D eigenvalue weighted by molar-refractivity contribution is 0.497. The van der Waals surface area contributed by atoms with E-state index in [0.29, 0.717) is 11.4 Å². The molecule has 0 bridgehead atoms. The molecule has 1 unspecified atom stereocenters. The Kier molecular flexibility index (Phi) is 3.37. The summed E-state index contributed by atoms with van der Waals surface area (Å²) in [6.07, 6.45) is 4.43. The van der Waals surface area contributed by atoms with E-state index in [1.54, 1.807) is 20.0 Å². The molecule has 0 fully saturated rings. The molecule has 3 rings (SSSR count). The van der Waals surface area contributed by atoms with Crippen LogP contribution in [0.2, 0.25) is 0 Å². The Morgan fingerprint density at radius 2 is 2.19 bits per heavy atom. The summed E-state index contributed by atoms with van der Waals surface area (Å²) in [4.78, 5) is 0.249. The molecule has 2 N–H and O–H groups in total. The molecule has 2 aromatic rings. The number of rotatable bonds is 3. The molecule has 0 aromatic carbocycles. The third-order valence-corrected chi connectivity index (χ3v) is 5.74. The topological polar surface area (TPSA) is 92.7 Å². The monoisotopic (exact) mass is 309 g/mol. The Morgan fingerprint density at radius 1 is 1.43 bits per heavy atom. The first kappa shape index (κ1) is 14.3. The summed E-state index contributed by atoms with van der Waals surface area (Å²) in [5, 5.41) is 10.9. The van der Waals surface area contributed by atoms with Gasteiger partial charge in [-0.05, 0) is 33.1 Å². The van der Waals surface area contributed by atoms with Crippen LogP contribution in [0.1, 0.15) is 41.5 Å². The molecule has 2 heterocycles. The van der Waals surface area contributed by atoms with Gasteiger partial charge >= 0.3 is 0 Å². The van der Waals surface area contributed by atoms with E-state index in [1.165, 1.54) is 0 Å². The molecule has 0 spiro atoms. The maximum atomic E-state index is 12.6. The third kappa shape index (κ3) is 2.38. The normalized spacial score (nSPS) is 18.7. The van der Waals surface area contributed by atoms with Crippen molar-refractivity contribution < 1.29 is 8.42 Å². The molecule has 1 aliphatic rings. The first-order valence-electron chi connectivity index (χ1n) is 6.95. The van der Waals surface area contributed by atoms with Gasteiger partial charge in [0.15, 0.2) is 0 Å². The molecular weight excluding hydrogens is 290 g/mol. The van der Waals surface area contributed by atoms with Crippen molar-refractivity contribution in [3.63, 3.8) is 0 Å². The van der Waals surface area contributed by atoms with Crippen LogP contribution in [0, 0.1) is 13.8 Å². The van der Waals surface area contributed by atoms with E-state index in [-0.39, 0.29) is 10.9 Å². The average molecular weight is 309 g/mol. The minimum atomic E-state index is -3.59. The number of aromatic amines is 1. The van der Waals surface area contributed by atoms with Crippen molar-refractivity contribution in [2.24, 2.45) is 7.05 Å². The number of hydrogen-bond acceptors (Lipinski definition) is 4. The molecule has 0 saturated heterocycles. The Hall–Kier alpha value is -1.67. The van der Waals surface area contributed by atoms with Crippen LogP contribution in [0.5, 0.6) is 0 Å². The molecule has 2 aromatic heterocycles. The molecule has 7 nitrogen and oxygen atoms in total. The summed E-state index contributed by atoms with van der Waals surface area (Å²) in [6, 6.07) is -0.221. The van der Waals surface area contributed by atoms with Crippen molar-refractivity contribution in [3.05, 3.63) is 28.8 Å². The van der Waals surface area contributed by atoms with Crippen molar-refractivity contribution in [3.8, 4) is 0 Å². The van der Waals surface area contributed by atoms with Crippen LogP contribution in [-0.2, 0) is 23.5 Å². The highest BCUT2D eigenvalue weighted by atomic mass is 32.2. The molecule has 0 saturated carbocycles. The van der Waals surface area contributed by atoms with E-state index in [9.17, 15) is 8.42 Å². The smallest absolute Gasteiger partial charge is 0.244 e. The van der Waals surface area contributed by atoms with Gasteiger partial charge in [0.2, 0.25) is 10.0 Å². The predicted octanol–water partition coefficient (Wildman–Crippen LogP) is 1.12. The quantitative estimate of drug-likeness (QED) is 0.888. The zero-order chi connectivity index (χ0) is 15.2. The highest BCUT2D eigenvalue weighted by molar-refractivity contribution is 7.89. The second-order valence-corrected chi connectivity index (χ2v) is 7.15. The van der Waals surface area contributed by atoms with E-state index in [4.69, 9.17) is 0 Å². The molecule has 8 heteroatoms. The lowest BCUT2D eigenvalue weighted by atomic mass is 9.94. The molecule has 1 aliphatic carbocycles. The standard InChI is InChI=1S/C13H19N5O2S/c1-8-13(9(2)16-15-8)21(19,20)17-11-5-4-6-12-10(11)7-14-18(12)3/h7,11,17H,4-6H2,1-3H3,(H,15,16). The maximum absolute atomic E-state index is 12.6. The number of aryl methyl sites for hydroxylation is 3. The molecule has 0 radical (unpaired) electrons. The van der Waals surface area contributed by atoms with Crippen molar-refractivity contribution in [1.29, 1.82) is 0 Å². The van der Waals surface area contributed by atoms with Gasteiger partial charge in [0.05, 0.1) is 23.6 Å². The number of sulfonamides is 1. The summed E-state index contributed by atoms with van der Waals surface area (Å²) in [7, 11) is -1.70. The average Bonchev–Trinajstić information content (AvgIpc) is 2.94. The summed E-state index contributed by atoms with van der Waals surface area (Å²) in [5.41, 5.74) is 3.13. The number of aromatic nitrogens is 4. The van der Waals surface area contributed by atoms with Gasteiger partial charge in [-0.15, -0.1) is 0 Å². The minimum absolute atomic E-state index is 0.221. The van der Waals surface area contributed by atoms with Crippen LogP contribution in [0.3, 0.4) is 0 Å². The summed E-state index contributed by atoms with van der Waals surface area (Å²) in [6.45, 7) is 3.40. The third-order valence-electron chi connectivity index (χ3n) is 4.00. The molecule has 0 amide bonds. The maximum Gasteiger partial charge on any atom is 0.244 e. The first-order chi connectivity index (χ1) is 9.90. The van der Waals surface area contributed by atoms with Gasteiger partial charge in [-0.1, -0.05) is 0 Å². The first-order valence-corrected chi connectivity index (χ1v) is 8.43. The zero-order valence-corrected chi connectivity index (χ0v) is 13.2. The molecule has 21 heavy (non-hydrogen) atoms. The second-order valence-electron chi connectivity index (χ2n) is 5.50. The Morgan fingerprint density at radius 3 is 2.86 bits per heavy atom. The highest BCUT2D eigenvalue weighted by Crippen LogP contribution is 2.31. The largest absolute Gasteiger partial charge is 0.281 e. The van der Waals surface area contributed by atoms with Gasteiger partial charge in [0.1, 0.15) is 4.90 Å². The van der Waals surface area contributed by atoms with Gasteiger partial charge in [-0.2, -0.15) is 10.2 Å². The zero-order valence-electron chi connectivity index (χ0n) is 12.3. The number of H-pyrrole nitrogens is 1. The number of nitrogens with zero attached hydrogens (tertiary/aromatic N) is 3. The van der Waals surface area contributed by atoms with E-state index in [1.807, 2.05) is 11.7 Å². The van der Waals surface area contributed by atoms with Crippen LogP contribution in [0.15, 0.2) is 11.1 Å². The molecule has 114 valence electrons. The van der Waals surface area contributed by atoms with E-state index in [2.05, 4.69) is 20.0 Å². The van der Waals surface area contributed by atoms with Gasteiger partial charge in [-0.3, -0.25) is 9.78 Å². The Balaban J connectivity index is 1.94. The summed E-state index contributed by atoms with van der Waals surface area (Å²) < 4.78 is 29.9. The van der Waals surface area contributed by atoms with Gasteiger partial charge in [0, 0.05) is 18.3 Å². The fourth-order valence-corrected chi connectivity index (χ4v) is 4.63. The van der Waals surface area contributed by atoms with Gasteiger partial charge in [0.25, 0.3) is 0 Å². The lowest BCUT2D eigenvalue weighted by Gasteiger charge is -2.23. The van der Waals surface area contributed by atoms with Crippen LogP contribution < -0.4 is 4.72 Å². The van der Waals surface area contributed by atoms with Crippen molar-refractivity contribution in [2.75, 3.05) is 0 Å². The lowest BCUT2D eigenvalue weighted by Crippen LogP contribution is -2.31. The van der Waals surface area contributed by atoms with Gasteiger partial charge in [-0.25, -0.2) is 13.1 Å². The van der Waals surface area contributed by atoms with E-state index in [0.717, 1.165) is 30.5 Å². The van der Waals surface area contributed by atoms with E-state index < -0.39 is 10.0 Å². The highest BCUT2D eigenvalue weighted by Gasteiger charge is 2.30. The van der Waals surface area contributed by atoms with Gasteiger partial charge < -0.3 is 0 Å². The SMILES string of the molecule is Cc1n[nH]c(C)c1S(=O)(=O)NC1CCCc2c1cnn2C. The fraction of sp³-hybridized carbons (Fsp3) is 0.538. The molecule has 0 aliphatic heterocycles. The van der Waals surface area contributed by atoms with Crippen LogP contribution >= 0.6 is 0 Å².